The number of rotatable bonds is 5. The number of aliphatic hydroxyl groups is 1. The first kappa shape index (κ1) is 18.3. The van der Waals surface area contributed by atoms with Crippen LogP contribution in [0.5, 0.6) is 0 Å². The molecule has 8 nitrogen and oxygen atoms in total. The zero-order valence-electron chi connectivity index (χ0n) is 15.2. The van der Waals surface area contributed by atoms with Crippen LogP contribution < -0.4 is 0 Å². The third-order valence-electron chi connectivity index (χ3n) is 5.33. The molecule has 2 aliphatic rings. The van der Waals surface area contributed by atoms with Crippen LogP contribution in [0, 0.1) is 0 Å². The maximum atomic E-state index is 12.1. The molecule has 0 radical (unpaired) electrons. The first-order valence-corrected chi connectivity index (χ1v) is 9.13. The number of methoxy groups -OCH3 is 1. The van der Waals surface area contributed by atoms with Crippen LogP contribution in [0.4, 0.5) is 0 Å². The van der Waals surface area contributed by atoms with E-state index in [9.17, 15) is 9.90 Å². The van der Waals surface area contributed by atoms with Gasteiger partial charge in [0.25, 0.3) is 0 Å². The largest absolute Gasteiger partial charge is 0.393 e. The Labute approximate surface area is 148 Å². The Morgan fingerprint density at radius 2 is 2.00 bits per heavy atom. The van der Waals surface area contributed by atoms with E-state index in [0.29, 0.717) is 6.54 Å². The van der Waals surface area contributed by atoms with Crippen LogP contribution >= 0.6 is 0 Å². The molecule has 0 saturated carbocycles. The summed E-state index contributed by atoms with van der Waals surface area (Å²) in [6.07, 6.45) is 3.49. The molecule has 1 N–H and O–H groups in total. The summed E-state index contributed by atoms with van der Waals surface area (Å²) in [6.45, 7) is 4.16. The molecule has 0 spiro atoms. The Kier molecular flexibility index (Phi) is 6.03. The lowest BCUT2D eigenvalue weighted by atomic mass is 9.97. The van der Waals surface area contributed by atoms with Crippen LogP contribution in [0.1, 0.15) is 43.3 Å². The third-order valence-corrected chi connectivity index (χ3v) is 5.33. The monoisotopic (exact) mass is 351 g/mol. The number of hydrogen-bond acceptors (Lipinski definition) is 6. The molecule has 2 saturated heterocycles. The molecule has 3 rings (SSSR count). The van der Waals surface area contributed by atoms with Crippen LogP contribution in [0.25, 0.3) is 0 Å². The predicted molar refractivity (Wildman–Crippen MR) is 92.0 cm³/mol. The molecule has 1 unspecified atom stereocenters. The van der Waals surface area contributed by atoms with E-state index < -0.39 is 0 Å². The van der Waals surface area contributed by atoms with Crippen LogP contribution in [-0.4, -0.2) is 81.6 Å². The molecule has 25 heavy (non-hydrogen) atoms. The van der Waals surface area contributed by atoms with Crippen molar-refractivity contribution < 1.29 is 14.6 Å². The van der Waals surface area contributed by atoms with E-state index in [1.807, 2.05) is 11.9 Å². The standard InChI is InChI=1S/C17H29N5O3/c1-20-15(11-21-8-5-14(23)6-9-21)18-19-17(20)13-4-3-7-22(10-13)16(24)12-25-2/h13-14,23H,3-12H2,1-2H3. The number of aliphatic hydroxyl groups excluding tert-OH is 1. The number of aromatic nitrogens is 3. The number of piperidine rings is 2. The summed E-state index contributed by atoms with van der Waals surface area (Å²) in [6, 6.07) is 0. The van der Waals surface area contributed by atoms with Crippen LogP contribution in [0.2, 0.25) is 0 Å². The molecular weight excluding hydrogens is 322 g/mol. The van der Waals surface area contributed by atoms with Gasteiger partial charge in [-0.1, -0.05) is 0 Å². The second-order valence-corrected chi connectivity index (χ2v) is 7.15. The fourth-order valence-corrected chi connectivity index (χ4v) is 3.78. The fraction of sp³-hybridized carbons (Fsp3) is 0.824. The van der Waals surface area contributed by atoms with Gasteiger partial charge in [-0.05, 0) is 25.7 Å². The molecule has 3 heterocycles. The second-order valence-electron chi connectivity index (χ2n) is 7.15. The molecule has 2 aliphatic heterocycles. The second kappa shape index (κ2) is 8.25. The Bertz CT molecular complexity index is 583. The summed E-state index contributed by atoms with van der Waals surface area (Å²) >= 11 is 0. The number of ether oxygens (including phenoxy) is 1. The van der Waals surface area contributed by atoms with Crippen molar-refractivity contribution in [3.63, 3.8) is 0 Å². The summed E-state index contributed by atoms with van der Waals surface area (Å²) in [5.41, 5.74) is 0. The molecule has 0 bridgehead atoms. The molecule has 1 atom stereocenters. The molecule has 0 aliphatic carbocycles. The zero-order chi connectivity index (χ0) is 17.8. The average Bonchev–Trinajstić information content (AvgIpc) is 2.98. The molecule has 1 aromatic heterocycles. The smallest absolute Gasteiger partial charge is 0.248 e. The van der Waals surface area contributed by atoms with Crippen molar-refractivity contribution in [3.8, 4) is 0 Å². The number of hydrogen-bond donors (Lipinski definition) is 1. The van der Waals surface area contributed by atoms with Crippen molar-refractivity contribution >= 4 is 5.91 Å². The Hall–Kier alpha value is -1.51. The lowest BCUT2D eigenvalue weighted by Gasteiger charge is -2.32. The molecule has 1 aromatic rings. The molecule has 8 heteroatoms. The van der Waals surface area contributed by atoms with Gasteiger partial charge in [0.2, 0.25) is 5.91 Å². The molecule has 0 aromatic carbocycles. The quantitative estimate of drug-likeness (QED) is 0.811. The van der Waals surface area contributed by atoms with Crippen molar-refractivity contribution in [2.24, 2.45) is 7.05 Å². The van der Waals surface area contributed by atoms with E-state index >= 15 is 0 Å². The lowest BCUT2D eigenvalue weighted by Crippen LogP contribution is -2.41. The minimum absolute atomic E-state index is 0.0430. The van der Waals surface area contributed by atoms with Gasteiger partial charge >= 0.3 is 0 Å². The van der Waals surface area contributed by atoms with Gasteiger partial charge in [0.15, 0.2) is 0 Å². The van der Waals surface area contributed by atoms with Crippen molar-refractivity contribution in [1.82, 2.24) is 24.6 Å². The first-order valence-electron chi connectivity index (χ1n) is 9.13. The van der Waals surface area contributed by atoms with Crippen molar-refractivity contribution in [3.05, 3.63) is 11.6 Å². The summed E-state index contributed by atoms with van der Waals surface area (Å²) in [4.78, 5) is 16.3. The maximum Gasteiger partial charge on any atom is 0.248 e. The highest BCUT2D eigenvalue weighted by Crippen LogP contribution is 2.26. The Balaban J connectivity index is 1.63. The Morgan fingerprint density at radius 1 is 1.24 bits per heavy atom. The number of amides is 1. The zero-order valence-corrected chi connectivity index (χ0v) is 15.2. The summed E-state index contributed by atoms with van der Waals surface area (Å²) in [5, 5.41) is 18.4. The number of likely N-dealkylation sites (tertiary alicyclic amines) is 2. The normalized spacial score (nSPS) is 23.2. The maximum absolute atomic E-state index is 12.1. The number of carbonyl (C=O) groups excluding carboxylic acids is 1. The third kappa shape index (κ3) is 4.37. The van der Waals surface area contributed by atoms with E-state index in [-0.39, 0.29) is 24.5 Å². The van der Waals surface area contributed by atoms with Crippen LogP contribution in [0.15, 0.2) is 0 Å². The van der Waals surface area contributed by atoms with E-state index in [0.717, 1.165) is 63.5 Å². The van der Waals surface area contributed by atoms with Gasteiger partial charge < -0.3 is 19.3 Å². The van der Waals surface area contributed by atoms with E-state index in [2.05, 4.69) is 19.7 Å². The van der Waals surface area contributed by atoms with Gasteiger partial charge in [-0.25, -0.2) is 0 Å². The van der Waals surface area contributed by atoms with E-state index in [1.165, 1.54) is 0 Å². The lowest BCUT2D eigenvalue weighted by molar-refractivity contribution is -0.136. The van der Waals surface area contributed by atoms with Gasteiger partial charge in [-0.15, -0.1) is 10.2 Å². The molecular formula is C17H29N5O3. The summed E-state index contributed by atoms with van der Waals surface area (Å²) < 4.78 is 7.05. The van der Waals surface area contributed by atoms with Gasteiger partial charge in [-0.2, -0.15) is 0 Å². The highest BCUT2D eigenvalue weighted by atomic mass is 16.5. The highest BCUT2D eigenvalue weighted by molar-refractivity contribution is 5.77. The first-order chi connectivity index (χ1) is 12.1. The minimum atomic E-state index is -0.163. The molecule has 2 fully saturated rings. The fourth-order valence-electron chi connectivity index (χ4n) is 3.78. The Morgan fingerprint density at radius 3 is 2.72 bits per heavy atom. The SMILES string of the molecule is COCC(=O)N1CCCC(c2nnc(CN3CCC(O)CC3)n2C)C1. The van der Waals surface area contributed by atoms with E-state index in [4.69, 9.17) is 4.74 Å². The highest BCUT2D eigenvalue weighted by Gasteiger charge is 2.28. The number of nitrogens with zero attached hydrogens (tertiary/aromatic N) is 5. The molecule has 1 amide bonds. The van der Waals surface area contributed by atoms with Gasteiger partial charge in [0.1, 0.15) is 18.3 Å². The van der Waals surface area contributed by atoms with Crippen molar-refractivity contribution in [2.75, 3.05) is 39.9 Å². The average molecular weight is 351 g/mol. The van der Waals surface area contributed by atoms with E-state index in [1.54, 1.807) is 7.11 Å². The van der Waals surface area contributed by atoms with Crippen LogP contribution in [-0.2, 0) is 23.1 Å². The summed E-state index contributed by atoms with van der Waals surface area (Å²) in [7, 11) is 3.56. The molecule has 140 valence electrons. The van der Waals surface area contributed by atoms with Crippen molar-refractivity contribution in [1.29, 1.82) is 0 Å². The van der Waals surface area contributed by atoms with Gasteiger partial charge in [0.05, 0.1) is 12.6 Å². The summed E-state index contributed by atoms with van der Waals surface area (Å²) in [5.74, 6) is 2.18. The number of carbonyl (C=O) groups is 1. The predicted octanol–water partition coefficient (Wildman–Crippen LogP) is 0.124. The minimum Gasteiger partial charge on any atom is -0.393 e. The van der Waals surface area contributed by atoms with Gasteiger partial charge in [0, 0.05) is 46.3 Å². The van der Waals surface area contributed by atoms with Gasteiger partial charge in [-0.3, -0.25) is 9.69 Å². The topological polar surface area (TPSA) is 83.7 Å². The van der Waals surface area contributed by atoms with Crippen LogP contribution in [0.3, 0.4) is 0 Å². The van der Waals surface area contributed by atoms with Crippen molar-refractivity contribution in [2.45, 2.75) is 44.2 Å².